The molecule has 0 saturated carbocycles. The minimum atomic E-state index is -1.62. The van der Waals surface area contributed by atoms with Crippen molar-refractivity contribution in [1.82, 2.24) is 9.55 Å². The van der Waals surface area contributed by atoms with Crippen LogP contribution in [0.5, 0.6) is 0 Å². The number of esters is 1. The van der Waals surface area contributed by atoms with Gasteiger partial charge in [0.2, 0.25) is 0 Å². The number of pyridine rings is 1. The van der Waals surface area contributed by atoms with Gasteiger partial charge in [-0.1, -0.05) is 53.5 Å². The molecule has 0 radical (unpaired) electrons. The highest BCUT2D eigenvalue weighted by atomic mass is 35.5. The number of carbonyl (C=O) groups excluding carboxylic acids is 2. The van der Waals surface area contributed by atoms with Gasteiger partial charge in [0.15, 0.2) is 12.1 Å². The van der Waals surface area contributed by atoms with Crippen molar-refractivity contribution in [3.63, 3.8) is 0 Å². The molecule has 0 aliphatic heterocycles. The predicted octanol–water partition coefficient (Wildman–Crippen LogP) is 4.83. The molecule has 1 atom stereocenters. The highest BCUT2D eigenvalue weighted by molar-refractivity contribution is 6.33. The van der Waals surface area contributed by atoms with Gasteiger partial charge in [-0.3, -0.25) is 10.5 Å². The summed E-state index contributed by atoms with van der Waals surface area (Å²) in [7, 11) is 1.80. The fourth-order valence-corrected chi connectivity index (χ4v) is 5.32. The Morgan fingerprint density at radius 1 is 1.02 bits per heavy atom. The molecule has 0 fully saturated rings. The Balaban J connectivity index is 1.79. The van der Waals surface area contributed by atoms with Crippen LogP contribution in [0, 0.1) is 0 Å². The number of Topliss-reactive ketones (excluding diaryl/α,β-unsaturated/α-hetero) is 1. The van der Waals surface area contributed by atoms with Crippen LogP contribution in [-0.2, 0) is 33.5 Å². The van der Waals surface area contributed by atoms with Crippen LogP contribution in [0.25, 0.3) is 22.0 Å². The Morgan fingerprint density at radius 2 is 1.76 bits per heavy atom. The van der Waals surface area contributed by atoms with Crippen LogP contribution in [0.3, 0.4) is 0 Å². The van der Waals surface area contributed by atoms with Crippen LogP contribution >= 0.6 is 23.2 Å². The summed E-state index contributed by atoms with van der Waals surface area (Å²) in [6.45, 7) is 1.40. The molecule has 3 aromatic carbocycles. The van der Waals surface area contributed by atoms with Crippen LogP contribution in [0.1, 0.15) is 23.7 Å². The average molecular weight is 590 g/mol. The first kappa shape index (κ1) is 28.3. The number of halogens is 2. The lowest BCUT2D eigenvalue weighted by Gasteiger charge is -2.30. The summed E-state index contributed by atoms with van der Waals surface area (Å²) in [6.07, 6.45) is 3.22. The summed E-state index contributed by atoms with van der Waals surface area (Å²) in [5, 5.41) is 14.2. The van der Waals surface area contributed by atoms with Crippen LogP contribution in [0.2, 0.25) is 10.0 Å². The summed E-state index contributed by atoms with van der Waals surface area (Å²) >= 11 is 12.5. The van der Waals surface area contributed by atoms with Gasteiger partial charge in [-0.25, -0.2) is 14.3 Å². The van der Waals surface area contributed by atoms with Crippen LogP contribution in [-0.4, -0.2) is 33.0 Å². The Hall–Kier alpha value is -4.24. The molecular weight excluding hydrogens is 563 g/mol. The molecule has 1 unspecified atom stereocenters. The van der Waals surface area contributed by atoms with Crippen molar-refractivity contribution in [1.29, 1.82) is 0 Å². The molecule has 0 aliphatic carbocycles. The average Bonchev–Trinajstić information content (AvgIpc) is 3.40. The number of hydrogen-bond acceptors (Lipinski definition) is 6. The second-order valence-electron chi connectivity index (χ2n) is 9.56. The number of carbonyl (C=O) groups is 2. The fraction of sp³-hybridized carbons (Fsp3) is 0.161. The van der Waals surface area contributed by atoms with Crippen molar-refractivity contribution in [2.45, 2.75) is 19.1 Å². The van der Waals surface area contributed by atoms with Crippen molar-refractivity contribution in [3.05, 3.63) is 112 Å². The molecule has 5 rings (SSSR count). The van der Waals surface area contributed by atoms with E-state index in [1.54, 1.807) is 84.2 Å². The van der Waals surface area contributed by atoms with E-state index in [4.69, 9.17) is 33.7 Å². The lowest BCUT2D eigenvalue weighted by Crippen LogP contribution is -2.44. The number of nitrogens with zero attached hydrogens (tertiary/aromatic N) is 3. The van der Waals surface area contributed by atoms with Gasteiger partial charge < -0.3 is 14.4 Å². The van der Waals surface area contributed by atoms with Crippen molar-refractivity contribution in [2.24, 2.45) is 7.05 Å². The Morgan fingerprint density at radius 3 is 2.41 bits per heavy atom. The Labute approximate surface area is 246 Å². The minimum Gasteiger partial charge on any atom is -0.460 e. The van der Waals surface area contributed by atoms with Gasteiger partial charge in [-0.15, -0.1) is 0 Å². The van der Waals surface area contributed by atoms with Gasteiger partial charge in [0.25, 0.3) is 11.6 Å². The molecule has 8 nitrogen and oxygen atoms in total. The number of ketones is 1. The topological polar surface area (TPSA) is 111 Å². The molecule has 5 aromatic rings. The smallest absolute Gasteiger partial charge is 0.378 e. The monoisotopic (exact) mass is 589 g/mol. The van der Waals surface area contributed by atoms with Crippen LogP contribution in [0.15, 0.2) is 85.3 Å². The number of nitrogen functional groups attached to an aromatic ring is 1. The van der Waals surface area contributed by atoms with E-state index in [2.05, 4.69) is 4.98 Å². The normalized spacial score (nSPS) is 12.7. The molecule has 2 heterocycles. The number of aromatic nitrogens is 3. The van der Waals surface area contributed by atoms with E-state index in [0.717, 1.165) is 11.1 Å². The summed E-state index contributed by atoms with van der Waals surface area (Å²) in [5.74, 6) is -1.41. The van der Waals surface area contributed by atoms with Gasteiger partial charge in [0.1, 0.15) is 5.52 Å². The lowest BCUT2D eigenvalue weighted by molar-refractivity contribution is -0.643. The first-order valence-corrected chi connectivity index (χ1v) is 13.6. The Kier molecular flexibility index (Phi) is 7.82. The van der Waals surface area contributed by atoms with E-state index in [0.29, 0.717) is 37.8 Å². The van der Waals surface area contributed by atoms with E-state index in [-0.39, 0.29) is 19.0 Å². The highest BCUT2D eigenvalue weighted by Gasteiger charge is 2.37. The van der Waals surface area contributed by atoms with Crippen molar-refractivity contribution in [3.8, 4) is 11.1 Å². The molecule has 0 bridgehead atoms. The van der Waals surface area contributed by atoms with E-state index in [9.17, 15) is 14.7 Å². The van der Waals surface area contributed by atoms with Gasteiger partial charge in [0, 0.05) is 34.1 Å². The zero-order valence-electron chi connectivity index (χ0n) is 22.3. The fourth-order valence-electron chi connectivity index (χ4n) is 5.01. The molecule has 0 spiro atoms. The van der Waals surface area contributed by atoms with E-state index in [1.807, 2.05) is 24.3 Å². The van der Waals surface area contributed by atoms with Gasteiger partial charge in [-0.2, -0.15) is 0 Å². The molecule has 0 aliphatic rings. The molecule has 2 aromatic heterocycles. The summed E-state index contributed by atoms with van der Waals surface area (Å²) in [6, 6.07) is 21.4. The zero-order chi connectivity index (χ0) is 29.3. The van der Waals surface area contributed by atoms with E-state index < -0.39 is 17.4 Å². The molecule has 3 N–H and O–H groups in total. The maximum Gasteiger partial charge on any atom is 0.378 e. The lowest BCUT2D eigenvalue weighted by atomic mass is 9.82. The minimum absolute atomic E-state index is 0.0832. The van der Waals surface area contributed by atoms with E-state index in [1.165, 1.54) is 0 Å². The number of hydrogen-bond donors (Lipinski definition) is 2. The number of aryl methyl sites for hydroxylation is 1. The third kappa shape index (κ3) is 5.29. The van der Waals surface area contributed by atoms with Crippen molar-refractivity contribution < 1.29 is 24.0 Å². The molecule has 0 saturated heterocycles. The van der Waals surface area contributed by atoms with E-state index >= 15 is 0 Å². The van der Waals surface area contributed by atoms with Crippen LogP contribution in [0.4, 0.5) is 5.82 Å². The number of benzene rings is 3. The zero-order valence-corrected chi connectivity index (χ0v) is 23.9. The Bertz CT molecular complexity index is 1790. The van der Waals surface area contributed by atoms with Crippen LogP contribution < -0.4 is 10.3 Å². The first-order valence-electron chi connectivity index (χ1n) is 12.8. The highest BCUT2D eigenvalue weighted by Crippen LogP contribution is 2.40. The number of nitrogens with two attached hydrogens (primary N) is 1. The standard InChI is InChI=1S/C31H26Cl2N4O4/c1-3-41-30(39)27(38)17-37-26-12-9-21(14-25(26)24(15-29(37)34)19-5-4-6-23(33)13-19)31(40,28-16-35-18-36(28)2)20-7-10-22(32)11-8-20/h4-16,18,34,40H,3,17H2,1-2H3/p+1. The van der Waals surface area contributed by atoms with Gasteiger partial charge in [-0.05, 0) is 60.0 Å². The van der Waals surface area contributed by atoms with Crippen molar-refractivity contribution >= 4 is 51.7 Å². The quantitative estimate of drug-likeness (QED) is 0.152. The second-order valence-corrected chi connectivity index (χ2v) is 10.4. The van der Waals surface area contributed by atoms with Crippen molar-refractivity contribution in [2.75, 3.05) is 12.3 Å². The number of rotatable bonds is 8. The van der Waals surface area contributed by atoms with Gasteiger partial charge in [0.05, 0.1) is 24.8 Å². The number of anilines is 1. The summed E-state index contributed by atoms with van der Waals surface area (Å²) < 4.78 is 8.20. The molecule has 0 amide bonds. The molecule has 10 heteroatoms. The second kappa shape index (κ2) is 11.3. The first-order chi connectivity index (χ1) is 19.6. The third-order valence-electron chi connectivity index (χ3n) is 6.99. The largest absolute Gasteiger partial charge is 0.460 e. The SMILES string of the molecule is CCOC(=O)C(=O)C[n+]1c(N)cc(-c2cccc(Cl)c2)c2cc(C(O)(c3ccc(Cl)cc3)c3cncn3C)ccc21. The molecule has 208 valence electrons. The molecular formula is C31H27Cl2N4O4+. The summed E-state index contributed by atoms with van der Waals surface area (Å²) in [5.41, 5.74) is 8.57. The third-order valence-corrected chi connectivity index (χ3v) is 7.48. The number of ether oxygens (including phenoxy) is 1. The number of imidazole rings is 1. The predicted molar refractivity (Wildman–Crippen MR) is 157 cm³/mol. The number of aliphatic hydroxyl groups is 1. The maximum absolute atomic E-state index is 12.7. The van der Waals surface area contributed by atoms with Gasteiger partial charge >= 0.3 is 5.97 Å². The number of fused-ring (bicyclic) bond motifs is 1. The summed E-state index contributed by atoms with van der Waals surface area (Å²) in [4.78, 5) is 29.1. The maximum atomic E-state index is 12.7. The molecule has 41 heavy (non-hydrogen) atoms.